The van der Waals surface area contributed by atoms with Gasteiger partial charge in [0.05, 0.1) is 0 Å². The molecule has 0 spiro atoms. The number of rotatable bonds is 8. The van der Waals surface area contributed by atoms with E-state index in [1.165, 1.54) is 10.8 Å². The third-order valence-corrected chi connectivity index (χ3v) is 4.92. The molecule has 3 heteroatoms. The van der Waals surface area contributed by atoms with Crippen LogP contribution in [0.1, 0.15) is 11.1 Å². The highest BCUT2D eigenvalue weighted by molar-refractivity contribution is 7.97. The first kappa shape index (κ1) is 18.7. The molecule has 0 bridgehead atoms. The molecular weight excluding hydrogens is 328 g/mol. The zero-order valence-corrected chi connectivity index (χ0v) is 15.0. The van der Waals surface area contributed by atoms with Crippen molar-refractivity contribution in [3.05, 3.63) is 119 Å². The standard InChI is InChI=1S/C22H22O2S/c1-3-19(15-21-11-7-5-8-12-21)17-25(23,24)18-20(4-2)16-22-13-9-6-10-14-22/h3-14,17-18H,1-2,15-16H2. The van der Waals surface area contributed by atoms with Gasteiger partial charge in [-0.05, 0) is 35.1 Å². The van der Waals surface area contributed by atoms with E-state index in [4.69, 9.17) is 0 Å². The van der Waals surface area contributed by atoms with Crippen molar-refractivity contribution in [3.8, 4) is 0 Å². The summed E-state index contributed by atoms with van der Waals surface area (Å²) in [5.74, 6) is 0. The van der Waals surface area contributed by atoms with Crippen LogP contribution in [0.2, 0.25) is 0 Å². The van der Waals surface area contributed by atoms with E-state index in [1.54, 1.807) is 12.2 Å². The van der Waals surface area contributed by atoms with Crippen LogP contribution in [0.5, 0.6) is 0 Å². The first-order valence-corrected chi connectivity index (χ1v) is 9.62. The number of sulfone groups is 1. The summed E-state index contributed by atoms with van der Waals surface area (Å²) in [7, 11) is -3.51. The molecule has 0 saturated heterocycles. The Bertz CT molecular complexity index is 805. The second-order valence-electron chi connectivity index (χ2n) is 5.71. The van der Waals surface area contributed by atoms with Crippen LogP contribution in [-0.4, -0.2) is 8.42 Å². The van der Waals surface area contributed by atoms with Gasteiger partial charge in [0.2, 0.25) is 0 Å². The molecule has 2 rings (SSSR count). The molecule has 25 heavy (non-hydrogen) atoms. The highest BCUT2D eigenvalue weighted by Crippen LogP contribution is 2.15. The lowest BCUT2D eigenvalue weighted by atomic mass is 10.1. The fourth-order valence-corrected chi connectivity index (χ4v) is 3.71. The summed E-state index contributed by atoms with van der Waals surface area (Å²) in [4.78, 5) is 0. The molecule has 0 fully saturated rings. The fraction of sp³-hybridized carbons (Fsp3) is 0.0909. The smallest absolute Gasteiger partial charge is 0.193 e. The maximum absolute atomic E-state index is 12.5. The van der Waals surface area contributed by atoms with Gasteiger partial charge in [0, 0.05) is 10.8 Å². The van der Waals surface area contributed by atoms with Crippen molar-refractivity contribution in [2.24, 2.45) is 0 Å². The Morgan fingerprint density at radius 2 is 1.08 bits per heavy atom. The summed E-state index contributed by atoms with van der Waals surface area (Å²) >= 11 is 0. The molecule has 0 heterocycles. The minimum Gasteiger partial charge on any atom is -0.220 e. The predicted molar refractivity (Wildman–Crippen MR) is 106 cm³/mol. The molecule has 2 aromatic carbocycles. The Kier molecular flexibility index (Phi) is 6.72. The van der Waals surface area contributed by atoms with E-state index in [2.05, 4.69) is 13.2 Å². The SMILES string of the molecule is C=CC(=CS(=O)(=O)C=C(C=C)Cc1ccccc1)Cc1ccccc1. The largest absolute Gasteiger partial charge is 0.220 e. The molecule has 0 unspecified atom stereocenters. The van der Waals surface area contributed by atoms with Gasteiger partial charge in [0.15, 0.2) is 9.84 Å². The summed E-state index contributed by atoms with van der Waals surface area (Å²) in [6, 6.07) is 19.4. The first-order valence-electron chi connectivity index (χ1n) is 8.01. The Hall–Kier alpha value is -2.65. The van der Waals surface area contributed by atoms with E-state index >= 15 is 0 Å². The molecule has 0 radical (unpaired) electrons. The molecule has 0 aliphatic heterocycles. The summed E-state index contributed by atoms with van der Waals surface area (Å²) in [5, 5.41) is 2.56. The number of allylic oxidation sites excluding steroid dienone is 4. The molecule has 0 amide bonds. The van der Waals surface area contributed by atoms with Crippen molar-refractivity contribution in [2.45, 2.75) is 12.8 Å². The maximum atomic E-state index is 12.5. The third-order valence-electron chi connectivity index (χ3n) is 3.66. The average Bonchev–Trinajstić information content (AvgIpc) is 2.62. The van der Waals surface area contributed by atoms with E-state index in [1.807, 2.05) is 60.7 Å². The molecular formula is C22H22O2S. The Morgan fingerprint density at radius 3 is 1.40 bits per heavy atom. The second-order valence-corrected chi connectivity index (χ2v) is 7.36. The lowest BCUT2D eigenvalue weighted by Gasteiger charge is -2.04. The highest BCUT2D eigenvalue weighted by atomic mass is 32.2. The van der Waals surface area contributed by atoms with Crippen LogP contribution in [0.4, 0.5) is 0 Å². The van der Waals surface area contributed by atoms with Gasteiger partial charge in [-0.15, -0.1) is 0 Å². The first-order chi connectivity index (χ1) is 12.0. The quantitative estimate of drug-likeness (QED) is 0.626. The van der Waals surface area contributed by atoms with E-state index in [0.717, 1.165) is 11.1 Å². The van der Waals surface area contributed by atoms with Crippen LogP contribution >= 0.6 is 0 Å². The molecule has 2 aromatic rings. The molecule has 0 aliphatic rings. The van der Waals surface area contributed by atoms with Gasteiger partial charge in [-0.25, -0.2) is 8.42 Å². The molecule has 128 valence electrons. The fourth-order valence-electron chi connectivity index (χ4n) is 2.44. The average molecular weight is 350 g/mol. The Balaban J connectivity index is 2.22. The van der Waals surface area contributed by atoms with Crippen molar-refractivity contribution in [2.75, 3.05) is 0 Å². The summed E-state index contributed by atoms with van der Waals surface area (Å²) in [6.45, 7) is 7.47. The lowest BCUT2D eigenvalue weighted by molar-refractivity contribution is 0.612. The van der Waals surface area contributed by atoms with Crippen LogP contribution in [0.3, 0.4) is 0 Å². The molecule has 0 aliphatic carbocycles. The number of hydrogen-bond donors (Lipinski definition) is 0. The van der Waals surface area contributed by atoms with Crippen LogP contribution in [0.15, 0.2) is 108 Å². The zero-order chi connectivity index (χ0) is 18.1. The van der Waals surface area contributed by atoms with Crippen molar-refractivity contribution in [3.63, 3.8) is 0 Å². The topological polar surface area (TPSA) is 34.1 Å². The van der Waals surface area contributed by atoms with Crippen LogP contribution in [0.25, 0.3) is 0 Å². The minimum atomic E-state index is -3.51. The van der Waals surface area contributed by atoms with E-state index in [-0.39, 0.29) is 0 Å². The Labute approximate surface area is 150 Å². The molecule has 0 N–H and O–H groups in total. The monoisotopic (exact) mass is 350 g/mol. The second kappa shape index (κ2) is 9.00. The normalized spacial score (nSPS) is 12.6. The van der Waals surface area contributed by atoms with Crippen molar-refractivity contribution in [1.29, 1.82) is 0 Å². The van der Waals surface area contributed by atoms with Gasteiger partial charge >= 0.3 is 0 Å². The van der Waals surface area contributed by atoms with E-state index in [0.29, 0.717) is 24.0 Å². The van der Waals surface area contributed by atoms with Gasteiger partial charge in [-0.3, -0.25) is 0 Å². The van der Waals surface area contributed by atoms with Crippen molar-refractivity contribution >= 4 is 9.84 Å². The van der Waals surface area contributed by atoms with E-state index in [9.17, 15) is 8.42 Å². The maximum Gasteiger partial charge on any atom is 0.193 e. The van der Waals surface area contributed by atoms with E-state index < -0.39 is 9.84 Å². The molecule has 2 nitrogen and oxygen atoms in total. The minimum absolute atomic E-state index is 0.527. The van der Waals surface area contributed by atoms with Crippen LogP contribution in [-0.2, 0) is 22.7 Å². The zero-order valence-electron chi connectivity index (χ0n) is 14.1. The van der Waals surface area contributed by atoms with Gasteiger partial charge in [-0.1, -0.05) is 86.0 Å². The van der Waals surface area contributed by atoms with Gasteiger partial charge in [0.25, 0.3) is 0 Å². The lowest BCUT2D eigenvalue weighted by Crippen LogP contribution is -1.97. The summed E-state index contributed by atoms with van der Waals surface area (Å²) in [5.41, 5.74) is 3.40. The Morgan fingerprint density at radius 1 is 0.720 bits per heavy atom. The highest BCUT2D eigenvalue weighted by Gasteiger charge is 2.08. The number of hydrogen-bond acceptors (Lipinski definition) is 2. The van der Waals surface area contributed by atoms with Crippen LogP contribution < -0.4 is 0 Å². The van der Waals surface area contributed by atoms with Gasteiger partial charge < -0.3 is 0 Å². The molecule has 0 aromatic heterocycles. The number of benzene rings is 2. The van der Waals surface area contributed by atoms with Crippen molar-refractivity contribution in [1.82, 2.24) is 0 Å². The summed E-state index contributed by atoms with van der Waals surface area (Å²) in [6.07, 6.45) is 4.23. The van der Waals surface area contributed by atoms with Crippen LogP contribution in [0, 0.1) is 0 Å². The molecule has 0 saturated carbocycles. The van der Waals surface area contributed by atoms with Crippen molar-refractivity contribution < 1.29 is 8.42 Å². The van der Waals surface area contributed by atoms with Gasteiger partial charge in [0.1, 0.15) is 0 Å². The molecule has 0 atom stereocenters. The van der Waals surface area contributed by atoms with Gasteiger partial charge in [-0.2, -0.15) is 0 Å². The third kappa shape index (κ3) is 6.40. The predicted octanol–water partition coefficient (Wildman–Crippen LogP) is 5.03. The summed E-state index contributed by atoms with van der Waals surface area (Å²) < 4.78 is 25.0.